The Bertz CT molecular complexity index is 593. The molecule has 6 atom stereocenters. The topological polar surface area (TPSA) is 223 Å². The molecule has 0 aromatic heterocycles. The zero-order valence-electron chi connectivity index (χ0n) is 15.1. The van der Waals surface area contributed by atoms with Crippen molar-refractivity contribution >= 4 is 12.1 Å². The highest BCUT2D eigenvalue weighted by molar-refractivity contribution is 5.74. The van der Waals surface area contributed by atoms with E-state index in [2.05, 4.69) is 10.6 Å². The number of hydrogen-bond donors (Lipinski definition) is 6. The smallest absolute Gasteiger partial charge is 0.342 e. The first-order chi connectivity index (χ1) is 13.0. The summed E-state index contributed by atoms with van der Waals surface area (Å²) in [5.74, 6) is 0. The van der Waals surface area contributed by atoms with Gasteiger partial charge < -0.3 is 40.5 Å². The molecule has 1 fully saturated rings. The minimum atomic E-state index is -2.76. The van der Waals surface area contributed by atoms with E-state index in [1.807, 2.05) is 10.6 Å². The number of amides is 4. The van der Waals surface area contributed by atoms with Crippen molar-refractivity contribution in [3.8, 4) is 0 Å². The van der Waals surface area contributed by atoms with Gasteiger partial charge in [-0.15, -0.1) is 9.81 Å². The van der Waals surface area contributed by atoms with E-state index < -0.39 is 48.6 Å². The van der Waals surface area contributed by atoms with Gasteiger partial charge in [0.25, 0.3) is 0 Å². The number of nitrogens with zero attached hydrogens (tertiary/aromatic N) is 4. The van der Waals surface area contributed by atoms with Gasteiger partial charge in [0.15, 0.2) is 6.23 Å². The average Bonchev–Trinajstić information content (AvgIpc) is 2.66. The number of aliphatic hydroxyl groups is 4. The predicted octanol–water partition coefficient (Wildman–Crippen LogP) is -2.88. The molecular weight excluding hydrogens is 388 g/mol. The van der Waals surface area contributed by atoms with E-state index in [1.165, 1.54) is 6.92 Å². The van der Waals surface area contributed by atoms with Crippen molar-refractivity contribution < 1.29 is 39.5 Å². The van der Waals surface area contributed by atoms with Gasteiger partial charge in [0.05, 0.1) is 10.6 Å². The third-order valence-electron chi connectivity index (χ3n) is 3.79. The van der Waals surface area contributed by atoms with Gasteiger partial charge in [-0.25, -0.2) is 9.59 Å². The van der Waals surface area contributed by atoms with Gasteiger partial charge in [0.2, 0.25) is 12.0 Å². The van der Waals surface area contributed by atoms with Crippen LogP contribution in [-0.2, 0) is 9.47 Å². The minimum Gasteiger partial charge on any atom is -0.387 e. The third kappa shape index (κ3) is 4.86. The maximum absolute atomic E-state index is 11.8. The summed E-state index contributed by atoms with van der Waals surface area (Å²) < 4.78 is 10.3. The molecule has 0 bridgehead atoms. The van der Waals surface area contributed by atoms with Gasteiger partial charge in [-0.2, -0.15) is 10.0 Å². The Morgan fingerprint density at radius 2 is 1.75 bits per heavy atom. The molecule has 16 heteroatoms. The predicted molar refractivity (Wildman–Crippen MR) is 87.4 cm³/mol. The summed E-state index contributed by atoms with van der Waals surface area (Å²) in [4.78, 5) is 44.1. The van der Waals surface area contributed by atoms with Crippen LogP contribution in [0.15, 0.2) is 10.6 Å². The number of nitrogens with one attached hydrogen (secondary N) is 2. The Morgan fingerprint density at radius 1 is 1.21 bits per heavy atom. The molecule has 0 aromatic carbocycles. The number of aliphatic hydroxyl groups excluding tert-OH is 3. The van der Waals surface area contributed by atoms with E-state index in [4.69, 9.17) is 9.47 Å². The number of nitroso groups, excluding NO2 is 2. The second-order valence-corrected chi connectivity index (χ2v) is 5.68. The minimum absolute atomic E-state index is 0.111. The monoisotopic (exact) mass is 410 g/mol. The molecule has 28 heavy (non-hydrogen) atoms. The van der Waals surface area contributed by atoms with Crippen LogP contribution in [-0.4, -0.2) is 99.8 Å². The fraction of sp³-hybridized carbons (Fsp3) is 0.833. The lowest BCUT2D eigenvalue weighted by Gasteiger charge is -2.48. The lowest BCUT2D eigenvalue weighted by Crippen LogP contribution is -2.76. The van der Waals surface area contributed by atoms with Gasteiger partial charge in [-0.1, -0.05) is 0 Å². The lowest BCUT2D eigenvalue weighted by molar-refractivity contribution is -0.353. The number of rotatable bonds is 7. The molecule has 16 nitrogen and oxygen atoms in total. The van der Waals surface area contributed by atoms with Crippen molar-refractivity contribution in [1.29, 1.82) is 0 Å². The highest BCUT2D eigenvalue weighted by Gasteiger charge is 2.58. The first-order valence-electron chi connectivity index (χ1n) is 7.83. The second kappa shape index (κ2) is 9.62. The Labute approximate surface area is 157 Å². The molecule has 1 unspecified atom stereocenters. The van der Waals surface area contributed by atoms with Crippen molar-refractivity contribution in [3.05, 3.63) is 9.81 Å². The Morgan fingerprint density at radius 3 is 2.25 bits per heavy atom. The Kier molecular flexibility index (Phi) is 8.09. The van der Waals surface area contributed by atoms with E-state index in [9.17, 15) is 39.8 Å². The summed E-state index contributed by atoms with van der Waals surface area (Å²) in [6.07, 6.45) is -9.86. The van der Waals surface area contributed by atoms with E-state index in [0.29, 0.717) is 5.01 Å². The Balaban J connectivity index is 3.06. The zero-order valence-corrected chi connectivity index (χ0v) is 15.1. The molecule has 4 amide bonds. The van der Waals surface area contributed by atoms with E-state index in [-0.39, 0.29) is 11.6 Å². The maximum atomic E-state index is 11.8. The molecule has 0 spiro atoms. The first kappa shape index (κ1) is 23.5. The van der Waals surface area contributed by atoms with Crippen molar-refractivity contribution in [2.75, 3.05) is 20.7 Å². The van der Waals surface area contributed by atoms with Crippen LogP contribution in [0.2, 0.25) is 0 Å². The van der Waals surface area contributed by atoms with E-state index in [0.717, 1.165) is 14.1 Å². The standard InChI is InChI=1S/C12H22N6O10/c1-4-27-9-12(24,14-11(23)18(3)16-26)7(20)5(19)6(28-9)8(21)13-10(22)17(2)15-25/h5-9,19-21,24H,4H2,1-3H3,(H,13,22)(H,14,23)/t5-,6+,7+,8?,9+,12-/m1/s1. The van der Waals surface area contributed by atoms with Crippen molar-refractivity contribution in [2.24, 2.45) is 10.6 Å². The van der Waals surface area contributed by atoms with Crippen LogP contribution in [0, 0.1) is 9.81 Å². The van der Waals surface area contributed by atoms with Crippen LogP contribution in [0.1, 0.15) is 6.92 Å². The highest BCUT2D eigenvalue weighted by Crippen LogP contribution is 2.30. The van der Waals surface area contributed by atoms with Crippen LogP contribution in [0.4, 0.5) is 9.59 Å². The van der Waals surface area contributed by atoms with Crippen molar-refractivity contribution in [2.45, 2.75) is 43.5 Å². The molecule has 0 aromatic rings. The highest BCUT2D eigenvalue weighted by atomic mass is 16.7. The molecule has 1 heterocycles. The SMILES string of the molecule is CCO[C@H]1O[C@H](C(O)NC(=O)N(C)N=O)[C@@H](O)[C@H](O)[C@]1(O)NC(=O)N(C)N=O. The number of hydrogen-bond acceptors (Lipinski definition) is 12. The van der Waals surface area contributed by atoms with Gasteiger partial charge in [-0.05, 0) is 6.92 Å². The average molecular weight is 410 g/mol. The van der Waals surface area contributed by atoms with Gasteiger partial charge in [0.1, 0.15) is 18.3 Å². The van der Waals surface area contributed by atoms with Crippen LogP contribution in [0.25, 0.3) is 0 Å². The van der Waals surface area contributed by atoms with E-state index in [1.54, 1.807) is 0 Å². The largest absolute Gasteiger partial charge is 0.387 e. The van der Waals surface area contributed by atoms with Crippen molar-refractivity contribution in [3.63, 3.8) is 0 Å². The number of carbonyl (C=O) groups is 2. The molecule has 1 rings (SSSR count). The normalized spacial score (nSPS) is 30.7. The van der Waals surface area contributed by atoms with Gasteiger partial charge in [0, 0.05) is 20.7 Å². The van der Waals surface area contributed by atoms with Crippen LogP contribution < -0.4 is 10.6 Å². The second-order valence-electron chi connectivity index (χ2n) is 5.68. The summed E-state index contributed by atoms with van der Waals surface area (Å²) in [7, 11) is 1.93. The first-order valence-corrected chi connectivity index (χ1v) is 7.83. The molecule has 1 saturated heterocycles. The fourth-order valence-electron chi connectivity index (χ4n) is 2.25. The molecule has 1 aliphatic heterocycles. The van der Waals surface area contributed by atoms with Crippen LogP contribution in [0.5, 0.6) is 0 Å². The quantitative estimate of drug-likeness (QED) is 0.143. The zero-order chi connectivity index (χ0) is 21.6. The number of urea groups is 2. The van der Waals surface area contributed by atoms with E-state index >= 15 is 0 Å². The lowest BCUT2D eigenvalue weighted by atomic mass is 9.92. The number of carbonyl (C=O) groups excluding carboxylic acids is 2. The summed E-state index contributed by atoms with van der Waals surface area (Å²) in [6, 6.07) is -2.42. The maximum Gasteiger partial charge on any atom is 0.342 e. The summed E-state index contributed by atoms with van der Waals surface area (Å²) in [5.41, 5.74) is -2.76. The van der Waals surface area contributed by atoms with Crippen LogP contribution in [0.3, 0.4) is 0 Å². The molecule has 0 saturated carbocycles. The molecule has 160 valence electrons. The summed E-state index contributed by atoms with van der Waals surface area (Å²) >= 11 is 0. The van der Waals surface area contributed by atoms with Gasteiger partial charge >= 0.3 is 12.1 Å². The van der Waals surface area contributed by atoms with Crippen molar-refractivity contribution in [1.82, 2.24) is 20.7 Å². The molecule has 0 radical (unpaired) electrons. The van der Waals surface area contributed by atoms with Crippen LogP contribution >= 0.6 is 0 Å². The summed E-state index contributed by atoms with van der Waals surface area (Å²) in [5, 5.41) is 50.1. The summed E-state index contributed by atoms with van der Waals surface area (Å²) in [6.45, 7) is 1.36. The molecule has 0 aliphatic carbocycles. The van der Waals surface area contributed by atoms with Gasteiger partial charge in [-0.3, -0.25) is 0 Å². The molecular formula is C12H22N6O10. The molecule has 1 aliphatic rings. The number of ether oxygens (including phenoxy) is 2. The third-order valence-corrected chi connectivity index (χ3v) is 3.79. The Hall–Kier alpha value is -2.50. The fourth-order valence-corrected chi connectivity index (χ4v) is 2.25. The molecule has 6 N–H and O–H groups in total.